The van der Waals surface area contributed by atoms with Crippen molar-refractivity contribution < 1.29 is 19.1 Å². The molecule has 250 valence electrons. The Morgan fingerprint density at radius 3 is 1.05 bits per heavy atom. The van der Waals surface area contributed by atoms with Crippen LogP contribution in [0.15, 0.2) is 0 Å². The van der Waals surface area contributed by atoms with E-state index in [0.29, 0.717) is 26.1 Å². The minimum atomic E-state index is -0.0105. The molecule has 0 saturated heterocycles. The van der Waals surface area contributed by atoms with E-state index in [-0.39, 0.29) is 11.9 Å². The van der Waals surface area contributed by atoms with E-state index in [1.54, 1.807) is 0 Å². The lowest BCUT2D eigenvalue weighted by atomic mass is 9.92. The highest BCUT2D eigenvalue weighted by Crippen LogP contribution is 2.21. The van der Waals surface area contributed by atoms with Crippen molar-refractivity contribution in [1.29, 1.82) is 0 Å². The average Bonchev–Trinajstić information content (AvgIpc) is 2.99. The number of ether oxygens (including phenoxy) is 2. The normalized spacial score (nSPS) is 12.0. The Morgan fingerprint density at radius 1 is 0.405 bits per heavy atom. The zero-order valence-corrected chi connectivity index (χ0v) is 28.8. The zero-order chi connectivity index (χ0) is 30.8. The monoisotopic (exact) mass is 595 g/mol. The summed E-state index contributed by atoms with van der Waals surface area (Å²) in [5.74, 6) is 0.750. The molecule has 4 heteroatoms. The molecule has 0 spiro atoms. The Balaban J connectivity index is 3.47. The first-order valence-corrected chi connectivity index (χ1v) is 18.9. The number of esters is 2. The summed E-state index contributed by atoms with van der Waals surface area (Å²) in [7, 11) is 0. The summed E-state index contributed by atoms with van der Waals surface area (Å²) in [6.07, 6.45) is 36.0. The van der Waals surface area contributed by atoms with Gasteiger partial charge in [-0.1, -0.05) is 175 Å². The van der Waals surface area contributed by atoms with Gasteiger partial charge in [-0.05, 0) is 31.6 Å². The lowest BCUT2D eigenvalue weighted by Crippen LogP contribution is -2.06. The van der Waals surface area contributed by atoms with Gasteiger partial charge in [0.1, 0.15) is 0 Å². The third kappa shape index (κ3) is 31.9. The van der Waals surface area contributed by atoms with Crippen molar-refractivity contribution in [2.24, 2.45) is 5.92 Å². The van der Waals surface area contributed by atoms with Crippen LogP contribution in [0, 0.1) is 5.92 Å². The van der Waals surface area contributed by atoms with Gasteiger partial charge >= 0.3 is 11.9 Å². The summed E-state index contributed by atoms with van der Waals surface area (Å²) in [5.41, 5.74) is 0. The number of rotatable bonds is 34. The second-order valence-corrected chi connectivity index (χ2v) is 12.9. The van der Waals surface area contributed by atoms with Gasteiger partial charge in [0.15, 0.2) is 0 Å². The maximum atomic E-state index is 12.0. The molecular weight excluding hydrogens is 520 g/mol. The minimum absolute atomic E-state index is 0.00958. The molecule has 1 atom stereocenters. The fourth-order valence-electron chi connectivity index (χ4n) is 5.83. The Kier molecular flexibility index (Phi) is 33.6. The van der Waals surface area contributed by atoms with Crippen LogP contribution < -0.4 is 0 Å². The highest BCUT2D eigenvalue weighted by Gasteiger charge is 2.08. The van der Waals surface area contributed by atoms with Crippen molar-refractivity contribution in [3.8, 4) is 0 Å². The Hall–Kier alpha value is -1.06. The summed E-state index contributed by atoms with van der Waals surface area (Å²) in [6.45, 7) is 8.02. The van der Waals surface area contributed by atoms with Gasteiger partial charge in [0.25, 0.3) is 0 Å². The van der Waals surface area contributed by atoms with Crippen LogP contribution in [-0.2, 0) is 19.1 Å². The van der Waals surface area contributed by atoms with E-state index in [1.807, 2.05) is 0 Å². The smallest absolute Gasteiger partial charge is 0.305 e. The molecule has 0 rings (SSSR count). The second-order valence-electron chi connectivity index (χ2n) is 12.9. The van der Waals surface area contributed by atoms with E-state index in [9.17, 15) is 9.59 Å². The van der Waals surface area contributed by atoms with E-state index in [1.165, 1.54) is 141 Å². The first-order chi connectivity index (χ1) is 20.6. The molecule has 1 unspecified atom stereocenters. The number of hydrogen-bond acceptors (Lipinski definition) is 4. The van der Waals surface area contributed by atoms with E-state index in [2.05, 4.69) is 20.8 Å². The van der Waals surface area contributed by atoms with Crippen LogP contribution in [0.25, 0.3) is 0 Å². The molecule has 0 aliphatic rings. The van der Waals surface area contributed by atoms with Crippen molar-refractivity contribution >= 4 is 11.9 Å². The van der Waals surface area contributed by atoms with Crippen molar-refractivity contribution in [2.45, 2.75) is 213 Å². The van der Waals surface area contributed by atoms with Crippen LogP contribution in [0.3, 0.4) is 0 Å². The molecular formula is C38H74O4. The molecule has 0 N–H and O–H groups in total. The average molecular weight is 595 g/mol. The lowest BCUT2D eigenvalue weighted by Gasteiger charge is -2.14. The molecule has 0 amide bonds. The topological polar surface area (TPSA) is 52.6 Å². The van der Waals surface area contributed by atoms with Crippen LogP contribution in [0.1, 0.15) is 213 Å². The van der Waals surface area contributed by atoms with Gasteiger partial charge in [0.2, 0.25) is 0 Å². The van der Waals surface area contributed by atoms with Crippen LogP contribution in [-0.4, -0.2) is 25.2 Å². The minimum Gasteiger partial charge on any atom is -0.466 e. The Bertz CT molecular complexity index is 561. The van der Waals surface area contributed by atoms with Crippen LogP contribution in [0.2, 0.25) is 0 Å². The maximum absolute atomic E-state index is 12.0. The first kappa shape index (κ1) is 40.9. The second kappa shape index (κ2) is 34.4. The highest BCUT2D eigenvalue weighted by atomic mass is 16.5. The molecule has 0 aromatic rings. The van der Waals surface area contributed by atoms with Crippen LogP contribution >= 0.6 is 0 Å². The van der Waals surface area contributed by atoms with Gasteiger partial charge in [-0.15, -0.1) is 0 Å². The molecule has 0 aliphatic heterocycles. The fourth-order valence-corrected chi connectivity index (χ4v) is 5.83. The highest BCUT2D eigenvalue weighted by molar-refractivity contribution is 5.69. The van der Waals surface area contributed by atoms with Crippen molar-refractivity contribution in [2.75, 3.05) is 13.2 Å². The largest absolute Gasteiger partial charge is 0.466 e. The van der Waals surface area contributed by atoms with Gasteiger partial charge in [-0.3, -0.25) is 9.59 Å². The standard InChI is InChI=1S/C38H74O4/c1-4-7-9-11-13-15-17-19-21-29-35-42-38(40)33-27-23-25-31-36(6-3)30-24-22-26-32-37(39)41-34-28-20-18-16-14-12-10-8-5-2/h36H,4-35H2,1-3H3. The van der Waals surface area contributed by atoms with Gasteiger partial charge < -0.3 is 9.47 Å². The zero-order valence-electron chi connectivity index (χ0n) is 28.8. The van der Waals surface area contributed by atoms with Gasteiger partial charge in [-0.25, -0.2) is 0 Å². The fraction of sp³-hybridized carbons (Fsp3) is 0.947. The Labute approximate surface area is 263 Å². The predicted octanol–water partition coefficient (Wildman–Crippen LogP) is 12.5. The number of carbonyl (C=O) groups excluding carboxylic acids is 2. The number of hydrogen-bond donors (Lipinski definition) is 0. The van der Waals surface area contributed by atoms with E-state index in [0.717, 1.165) is 44.4 Å². The molecule has 0 heterocycles. The first-order valence-electron chi connectivity index (χ1n) is 18.9. The molecule has 0 aromatic heterocycles. The summed E-state index contributed by atoms with van der Waals surface area (Å²) in [5, 5.41) is 0. The van der Waals surface area contributed by atoms with Gasteiger partial charge in [-0.2, -0.15) is 0 Å². The van der Waals surface area contributed by atoms with E-state index in [4.69, 9.17) is 9.47 Å². The van der Waals surface area contributed by atoms with Crippen molar-refractivity contribution in [1.82, 2.24) is 0 Å². The SMILES string of the molecule is CCCCCCCCCCCCOC(=O)CCCCCC(CC)CCCCCC(=O)OCCCCCCCCCCC. The summed E-state index contributed by atoms with van der Waals surface area (Å²) in [6, 6.07) is 0. The lowest BCUT2D eigenvalue weighted by molar-refractivity contribution is -0.144. The molecule has 0 fully saturated rings. The molecule has 0 aromatic carbocycles. The van der Waals surface area contributed by atoms with Gasteiger partial charge in [0.05, 0.1) is 13.2 Å². The summed E-state index contributed by atoms with van der Waals surface area (Å²) < 4.78 is 10.9. The third-order valence-electron chi connectivity index (χ3n) is 8.84. The number of carbonyl (C=O) groups is 2. The van der Waals surface area contributed by atoms with E-state index < -0.39 is 0 Å². The Morgan fingerprint density at radius 2 is 0.714 bits per heavy atom. The predicted molar refractivity (Wildman–Crippen MR) is 181 cm³/mol. The number of unbranched alkanes of at least 4 members (excludes halogenated alkanes) is 21. The summed E-state index contributed by atoms with van der Waals surface area (Å²) >= 11 is 0. The molecule has 4 nitrogen and oxygen atoms in total. The van der Waals surface area contributed by atoms with Crippen molar-refractivity contribution in [3.05, 3.63) is 0 Å². The molecule has 0 radical (unpaired) electrons. The van der Waals surface area contributed by atoms with Crippen molar-refractivity contribution in [3.63, 3.8) is 0 Å². The van der Waals surface area contributed by atoms with E-state index >= 15 is 0 Å². The summed E-state index contributed by atoms with van der Waals surface area (Å²) in [4.78, 5) is 24.0. The third-order valence-corrected chi connectivity index (χ3v) is 8.84. The van der Waals surface area contributed by atoms with Crippen LogP contribution in [0.4, 0.5) is 0 Å². The quantitative estimate of drug-likeness (QED) is 0.0549. The molecule has 42 heavy (non-hydrogen) atoms. The molecule has 0 saturated carbocycles. The molecule has 0 aliphatic carbocycles. The van der Waals surface area contributed by atoms with Gasteiger partial charge in [0, 0.05) is 12.8 Å². The molecule has 0 bridgehead atoms. The maximum Gasteiger partial charge on any atom is 0.305 e. The van der Waals surface area contributed by atoms with Crippen LogP contribution in [0.5, 0.6) is 0 Å².